The number of hydrogen-bond donors (Lipinski definition) is 0. The maximum atomic E-state index is 12.5. The van der Waals surface area contributed by atoms with E-state index in [1.807, 2.05) is 47.4 Å². The summed E-state index contributed by atoms with van der Waals surface area (Å²) in [5, 5.41) is 0.700. The van der Waals surface area contributed by atoms with Crippen LogP contribution < -0.4 is 0 Å². The van der Waals surface area contributed by atoms with Crippen molar-refractivity contribution in [3.63, 3.8) is 0 Å². The van der Waals surface area contributed by atoms with Crippen LogP contribution in [0.15, 0.2) is 54.6 Å². The van der Waals surface area contributed by atoms with Crippen LogP contribution in [-0.4, -0.2) is 23.9 Å². The lowest BCUT2D eigenvalue weighted by molar-refractivity contribution is -0.130. The Bertz CT molecular complexity index is 580. The Balaban J connectivity index is 1.94. The Morgan fingerprint density at radius 3 is 2.27 bits per heavy atom. The van der Waals surface area contributed by atoms with Crippen molar-refractivity contribution < 1.29 is 4.79 Å². The normalized spacial score (nSPS) is 10.5. The number of carbonyl (C=O) groups is 1. The SMILES string of the molecule is CCCN(CCc1ccccc1)C(=O)Cc1ccc(Cl)cc1. The third-order valence-electron chi connectivity index (χ3n) is 3.63. The molecule has 0 saturated heterocycles. The molecule has 22 heavy (non-hydrogen) atoms. The Morgan fingerprint density at radius 2 is 1.64 bits per heavy atom. The van der Waals surface area contributed by atoms with Gasteiger partial charge in [0.05, 0.1) is 6.42 Å². The highest BCUT2D eigenvalue weighted by atomic mass is 35.5. The fourth-order valence-electron chi connectivity index (χ4n) is 2.43. The summed E-state index contributed by atoms with van der Waals surface area (Å²) in [5.74, 6) is 0.181. The standard InChI is InChI=1S/C19H22ClNO/c1-2-13-21(14-12-16-6-4-3-5-7-16)19(22)15-17-8-10-18(20)11-9-17/h3-11H,2,12-15H2,1H3. The molecule has 2 rings (SSSR count). The number of hydrogen-bond acceptors (Lipinski definition) is 1. The first-order valence-corrected chi connectivity index (χ1v) is 8.13. The molecule has 116 valence electrons. The van der Waals surface area contributed by atoms with Gasteiger partial charge in [0.25, 0.3) is 0 Å². The second-order valence-electron chi connectivity index (χ2n) is 5.42. The topological polar surface area (TPSA) is 20.3 Å². The molecular formula is C19H22ClNO. The van der Waals surface area contributed by atoms with E-state index in [-0.39, 0.29) is 5.91 Å². The number of nitrogens with zero attached hydrogens (tertiary/aromatic N) is 1. The monoisotopic (exact) mass is 315 g/mol. The molecule has 0 aliphatic heterocycles. The maximum absolute atomic E-state index is 12.5. The molecule has 2 aromatic rings. The summed E-state index contributed by atoms with van der Waals surface area (Å²) in [4.78, 5) is 14.5. The maximum Gasteiger partial charge on any atom is 0.226 e. The van der Waals surface area contributed by atoms with Crippen LogP contribution in [0.2, 0.25) is 5.02 Å². The van der Waals surface area contributed by atoms with Gasteiger partial charge in [-0.3, -0.25) is 4.79 Å². The van der Waals surface area contributed by atoms with E-state index in [0.29, 0.717) is 11.4 Å². The summed E-state index contributed by atoms with van der Waals surface area (Å²) >= 11 is 5.88. The molecule has 0 atom stereocenters. The highest BCUT2D eigenvalue weighted by Gasteiger charge is 2.13. The third-order valence-corrected chi connectivity index (χ3v) is 3.88. The molecule has 0 fully saturated rings. The Labute approximate surface area is 137 Å². The van der Waals surface area contributed by atoms with Crippen molar-refractivity contribution in [2.75, 3.05) is 13.1 Å². The van der Waals surface area contributed by atoms with Crippen molar-refractivity contribution in [2.45, 2.75) is 26.2 Å². The molecule has 2 nitrogen and oxygen atoms in total. The van der Waals surface area contributed by atoms with Gasteiger partial charge in [0.2, 0.25) is 5.91 Å². The third kappa shape index (κ3) is 5.19. The van der Waals surface area contributed by atoms with Gasteiger partial charge in [-0.1, -0.05) is 61.0 Å². The van der Waals surface area contributed by atoms with Crippen molar-refractivity contribution in [3.8, 4) is 0 Å². The minimum Gasteiger partial charge on any atom is -0.342 e. The van der Waals surface area contributed by atoms with Gasteiger partial charge in [0.1, 0.15) is 0 Å². The second-order valence-corrected chi connectivity index (χ2v) is 5.86. The number of carbonyl (C=O) groups excluding carboxylic acids is 1. The van der Waals surface area contributed by atoms with E-state index in [4.69, 9.17) is 11.6 Å². The fraction of sp³-hybridized carbons (Fsp3) is 0.316. The molecule has 0 aliphatic rings. The Kier molecular flexibility index (Phi) is 6.47. The molecule has 2 aromatic carbocycles. The van der Waals surface area contributed by atoms with E-state index in [0.717, 1.165) is 31.5 Å². The fourth-order valence-corrected chi connectivity index (χ4v) is 2.55. The highest BCUT2D eigenvalue weighted by molar-refractivity contribution is 6.30. The molecule has 0 bridgehead atoms. The zero-order chi connectivity index (χ0) is 15.8. The summed E-state index contributed by atoms with van der Waals surface area (Å²) < 4.78 is 0. The van der Waals surface area contributed by atoms with Gasteiger partial charge in [-0.2, -0.15) is 0 Å². The van der Waals surface area contributed by atoms with Crippen LogP contribution in [0.25, 0.3) is 0 Å². The Morgan fingerprint density at radius 1 is 0.955 bits per heavy atom. The van der Waals surface area contributed by atoms with E-state index in [2.05, 4.69) is 19.1 Å². The molecule has 0 heterocycles. The van der Waals surface area contributed by atoms with Gasteiger partial charge in [0, 0.05) is 18.1 Å². The molecule has 3 heteroatoms. The van der Waals surface area contributed by atoms with Crippen LogP contribution in [0.3, 0.4) is 0 Å². The summed E-state index contributed by atoms with van der Waals surface area (Å²) in [6.07, 6.45) is 2.31. The zero-order valence-electron chi connectivity index (χ0n) is 13.0. The molecule has 1 amide bonds. The van der Waals surface area contributed by atoms with E-state index >= 15 is 0 Å². The Hall–Kier alpha value is -1.80. The van der Waals surface area contributed by atoms with Gasteiger partial charge in [-0.15, -0.1) is 0 Å². The molecule has 0 aromatic heterocycles. The van der Waals surface area contributed by atoms with Crippen LogP contribution in [0.4, 0.5) is 0 Å². The van der Waals surface area contributed by atoms with Crippen LogP contribution in [0, 0.1) is 0 Å². The van der Waals surface area contributed by atoms with Crippen LogP contribution in [0.5, 0.6) is 0 Å². The van der Waals surface area contributed by atoms with Crippen molar-refractivity contribution in [1.82, 2.24) is 4.90 Å². The molecule has 0 spiro atoms. The molecule has 0 aliphatic carbocycles. The first-order valence-electron chi connectivity index (χ1n) is 7.75. The largest absolute Gasteiger partial charge is 0.342 e. The number of rotatable bonds is 7. The van der Waals surface area contributed by atoms with Crippen LogP contribution >= 0.6 is 11.6 Å². The van der Waals surface area contributed by atoms with Gasteiger partial charge in [-0.25, -0.2) is 0 Å². The molecular weight excluding hydrogens is 294 g/mol. The van der Waals surface area contributed by atoms with Gasteiger partial charge < -0.3 is 4.90 Å². The zero-order valence-corrected chi connectivity index (χ0v) is 13.7. The predicted octanol–water partition coefficient (Wildman–Crippen LogP) is 4.36. The predicted molar refractivity (Wildman–Crippen MR) is 92.2 cm³/mol. The van der Waals surface area contributed by atoms with Gasteiger partial charge in [0.15, 0.2) is 0 Å². The second kappa shape index (κ2) is 8.60. The number of amides is 1. The van der Waals surface area contributed by atoms with Crippen molar-refractivity contribution in [2.24, 2.45) is 0 Å². The van der Waals surface area contributed by atoms with Crippen molar-refractivity contribution >= 4 is 17.5 Å². The average Bonchev–Trinajstić information content (AvgIpc) is 2.54. The van der Waals surface area contributed by atoms with Crippen molar-refractivity contribution in [1.29, 1.82) is 0 Å². The summed E-state index contributed by atoms with van der Waals surface area (Å²) in [6, 6.07) is 17.8. The van der Waals surface area contributed by atoms with E-state index < -0.39 is 0 Å². The lowest BCUT2D eigenvalue weighted by Gasteiger charge is -2.22. The van der Waals surface area contributed by atoms with Gasteiger partial charge in [-0.05, 0) is 36.1 Å². The van der Waals surface area contributed by atoms with Crippen molar-refractivity contribution in [3.05, 3.63) is 70.7 Å². The smallest absolute Gasteiger partial charge is 0.226 e. The quantitative estimate of drug-likeness (QED) is 0.743. The first kappa shape index (κ1) is 16.6. The molecule has 0 radical (unpaired) electrons. The van der Waals surface area contributed by atoms with E-state index in [1.165, 1.54) is 5.56 Å². The van der Waals surface area contributed by atoms with Crippen LogP contribution in [0.1, 0.15) is 24.5 Å². The average molecular weight is 316 g/mol. The minimum absolute atomic E-state index is 0.181. The molecule has 0 unspecified atom stereocenters. The molecule has 0 N–H and O–H groups in total. The van der Waals surface area contributed by atoms with Gasteiger partial charge >= 0.3 is 0 Å². The first-order chi connectivity index (χ1) is 10.7. The summed E-state index contributed by atoms with van der Waals surface area (Å²) in [5.41, 5.74) is 2.28. The lowest BCUT2D eigenvalue weighted by Crippen LogP contribution is -2.34. The minimum atomic E-state index is 0.181. The summed E-state index contributed by atoms with van der Waals surface area (Å²) in [7, 11) is 0. The van der Waals surface area contributed by atoms with E-state index in [1.54, 1.807) is 0 Å². The molecule has 0 saturated carbocycles. The lowest BCUT2D eigenvalue weighted by atomic mass is 10.1. The van der Waals surface area contributed by atoms with Crippen LogP contribution in [-0.2, 0) is 17.6 Å². The highest BCUT2D eigenvalue weighted by Crippen LogP contribution is 2.11. The summed E-state index contributed by atoms with van der Waals surface area (Å²) in [6.45, 7) is 3.68. The number of benzene rings is 2. The van der Waals surface area contributed by atoms with E-state index in [9.17, 15) is 4.79 Å². The number of halogens is 1.